The van der Waals surface area contributed by atoms with Gasteiger partial charge in [0.05, 0.1) is 5.69 Å². The topological polar surface area (TPSA) is 24.9 Å². The summed E-state index contributed by atoms with van der Waals surface area (Å²) in [6.07, 6.45) is 1.86. The van der Waals surface area contributed by atoms with E-state index in [1.165, 1.54) is 0 Å². The van der Waals surface area contributed by atoms with Gasteiger partial charge in [-0.05, 0) is 43.4 Å². The van der Waals surface area contributed by atoms with Crippen molar-refractivity contribution in [2.24, 2.45) is 17.8 Å². The third-order valence-electron chi connectivity index (χ3n) is 3.50. The van der Waals surface area contributed by atoms with E-state index in [4.69, 9.17) is 0 Å². The molecule has 0 spiro atoms. The molecule has 1 atom stereocenters. The van der Waals surface area contributed by atoms with Crippen molar-refractivity contribution in [3.63, 3.8) is 0 Å². The SMILES string of the molecule is CC(NCC(C(C)C)C(C)C)c1ccccn1. The third kappa shape index (κ3) is 4.47. The van der Waals surface area contributed by atoms with E-state index < -0.39 is 0 Å². The van der Waals surface area contributed by atoms with E-state index in [0.717, 1.165) is 30.0 Å². The van der Waals surface area contributed by atoms with Gasteiger partial charge in [-0.25, -0.2) is 0 Å². The molecule has 1 aromatic heterocycles. The first-order chi connectivity index (χ1) is 8.02. The smallest absolute Gasteiger partial charge is 0.0570 e. The van der Waals surface area contributed by atoms with Crippen molar-refractivity contribution in [3.05, 3.63) is 30.1 Å². The van der Waals surface area contributed by atoms with E-state index in [2.05, 4.69) is 51.0 Å². The second-order valence-electron chi connectivity index (χ2n) is 5.54. The molecule has 1 N–H and O–H groups in total. The molecule has 0 saturated heterocycles. The molecule has 2 heteroatoms. The van der Waals surface area contributed by atoms with Crippen molar-refractivity contribution >= 4 is 0 Å². The lowest BCUT2D eigenvalue weighted by atomic mass is 9.85. The number of hydrogen-bond donors (Lipinski definition) is 1. The lowest BCUT2D eigenvalue weighted by Crippen LogP contribution is -2.31. The fourth-order valence-corrected chi connectivity index (χ4v) is 2.29. The highest BCUT2D eigenvalue weighted by atomic mass is 14.9. The lowest BCUT2D eigenvalue weighted by molar-refractivity contribution is 0.267. The van der Waals surface area contributed by atoms with Gasteiger partial charge in [-0.2, -0.15) is 0 Å². The Morgan fingerprint density at radius 3 is 2.18 bits per heavy atom. The predicted molar refractivity (Wildman–Crippen MR) is 73.8 cm³/mol. The number of nitrogens with one attached hydrogen (secondary N) is 1. The van der Waals surface area contributed by atoms with Gasteiger partial charge in [-0.1, -0.05) is 33.8 Å². The number of hydrogen-bond acceptors (Lipinski definition) is 2. The normalized spacial score (nSPS) is 13.6. The molecule has 0 aromatic carbocycles. The Labute approximate surface area is 106 Å². The summed E-state index contributed by atoms with van der Waals surface area (Å²) in [5.41, 5.74) is 1.12. The summed E-state index contributed by atoms with van der Waals surface area (Å²) < 4.78 is 0. The summed E-state index contributed by atoms with van der Waals surface area (Å²) in [6.45, 7) is 12.5. The molecule has 1 rings (SSSR count). The van der Waals surface area contributed by atoms with E-state index in [1.807, 2.05) is 18.3 Å². The van der Waals surface area contributed by atoms with Crippen molar-refractivity contribution in [1.29, 1.82) is 0 Å². The first-order valence-corrected chi connectivity index (χ1v) is 6.66. The van der Waals surface area contributed by atoms with E-state index in [0.29, 0.717) is 6.04 Å². The zero-order valence-electron chi connectivity index (χ0n) is 11.8. The summed E-state index contributed by atoms with van der Waals surface area (Å²) in [7, 11) is 0. The van der Waals surface area contributed by atoms with Gasteiger partial charge in [0.15, 0.2) is 0 Å². The average molecular weight is 234 g/mol. The minimum absolute atomic E-state index is 0.330. The van der Waals surface area contributed by atoms with Gasteiger partial charge < -0.3 is 5.32 Å². The Morgan fingerprint density at radius 1 is 1.06 bits per heavy atom. The summed E-state index contributed by atoms with van der Waals surface area (Å²) in [6, 6.07) is 6.41. The zero-order chi connectivity index (χ0) is 12.8. The Balaban J connectivity index is 2.50. The van der Waals surface area contributed by atoms with Crippen LogP contribution in [0.3, 0.4) is 0 Å². The van der Waals surface area contributed by atoms with Crippen LogP contribution in [-0.2, 0) is 0 Å². The standard InChI is InChI=1S/C15H26N2/c1-11(2)14(12(3)4)10-17-13(5)15-8-6-7-9-16-15/h6-9,11-14,17H,10H2,1-5H3. The number of aromatic nitrogens is 1. The summed E-state index contributed by atoms with van der Waals surface area (Å²) >= 11 is 0. The maximum atomic E-state index is 4.38. The predicted octanol–water partition coefficient (Wildman–Crippen LogP) is 3.66. The van der Waals surface area contributed by atoms with Crippen molar-refractivity contribution in [1.82, 2.24) is 10.3 Å². The minimum Gasteiger partial charge on any atom is -0.309 e. The van der Waals surface area contributed by atoms with E-state index in [-0.39, 0.29) is 0 Å². The molecule has 0 bridgehead atoms. The second-order valence-corrected chi connectivity index (χ2v) is 5.54. The Hall–Kier alpha value is -0.890. The molecule has 1 aromatic rings. The number of rotatable bonds is 6. The monoisotopic (exact) mass is 234 g/mol. The van der Waals surface area contributed by atoms with E-state index in [9.17, 15) is 0 Å². The quantitative estimate of drug-likeness (QED) is 0.812. The van der Waals surface area contributed by atoms with E-state index in [1.54, 1.807) is 0 Å². The molecule has 2 nitrogen and oxygen atoms in total. The maximum Gasteiger partial charge on any atom is 0.0570 e. The highest BCUT2D eigenvalue weighted by Gasteiger charge is 2.18. The van der Waals surface area contributed by atoms with Gasteiger partial charge in [0, 0.05) is 12.2 Å². The van der Waals surface area contributed by atoms with Gasteiger partial charge >= 0.3 is 0 Å². The molecule has 1 unspecified atom stereocenters. The highest BCUT2D eigenvalue weighted by molar-refractivity contribution is 5.07. The molecule has 0 aliphatic rings. The molecular formula is C15H26N2. The van der Waals surface area contributed by atoms with Gasteiger partial charge in [0.2, 0.25) is 0 Å². The molecule has 0 aliphatic carbocycles. The van der Waals surface area contributed by atoms with Crippen molar-refractivity contribution in [2.75, 3.05) is 6.54 Å². The minimum atomic E-state index is 0.330. The first kappa shape index (κ1) is 14.2. The molecule has 1 heterocycles. The van der Waals surface area contributed by atoms with Crippen LogP contribution < -0.4 is 5.32 Å². The third-order valence-corrected chi connectivity index (χ3v) is 3.50. The molecule has 0 saturated carbocycles. The molecule has 0 radical (unpaired) electrons. The van der Waals surface area contributed by atoms with Gasteiger partial charge in [0.25, 0.3) is 0 Å². The van der Waals surface area contributed by atoms with Crippen LogP contribution in [0.25, 0.3) is 0 Å². The van der Waals surface area contributed by atoms with Crippen LogP contribution in [0.4, 0.5) is 0 Å². The van der Waals surface area contributed by atoms with Gasteiger partial charge in [-0.15, -0.1) is 0 Å². The Morgan fingerprint density at radius 2 is 1.71 bits per heavy atom. The molecular weight excluding hydrogens is 208 g/mol. The average Bonchev–Trinajstić information content (AvgIpc) is 2.29. The van der Waals surface area contributed by atoms with Crippen molar-refractivity contribution < 1.29 is 0 Å². The number of pyridine rings is 1. The molecule has 96 valence electrons. The molecule has 0 aliphatic heterocycles. The van der Waals surface area contributed by atoms with Crippen LogP contribution in [0.15, 0.2) is 24.4 Å². The van der Waals surface area contributed by atoms with Crippen LogP contribution >= 0.6 is 0 Å². The molecule has 0 fully saturated rings. The largest absolute Gasteiger partial charge is 0.309 e. The summed E-state index contributed by atoms with van der Waals surface area (Å²) in [4.78, 5) is 4.38. The van der Waals surface area contributed by atoms with Crippen LogP contribution in [0.2, 0.25) is 0 Å². The van der Waals surface area contributed by atoms with Crippen molar-refractivity contribution in [3.8, 4) is 0 Å². The maximum absolute atomic E-state index is 4.38. The van der Waals surface area contributed by atoms with Crippen molar-refractivity contribution in [2.45, 2.75) is 40.7 Å². The summed E-state index contributed by atoms with van der Waals surface area (Å²) in [5, 5.41) is 3.60. The Kier molecular flexibility index (Phi) is 5.63. The van der Waals surface area contributed by atoms with E-state index >= 15 is 0 Å². The van der Waals surface area contributed by atoms with Crippen LogP contribution in [0, 0.1) is 17.8 Å². The fraction of sp³-hybridized carbons (Fsp3) is 0.667. The Bertz CT molecular complexity index is 298. The van der Waals surface area contributed by atoms with Gasteiger partial charge in [-0.3, -0.25) is 4.98 Å². The molecule has 0 amide bonds. The number of nitrogens with zero attached hydrogens (tertiary/aromatic N) is 1. The summed E-state index contributed by atoms with van der Waals surface area (Å²) in [5.74, 6) is 2.16. The van der Waals surface area contributed by atoms with Crippen LogP contribution in [-0.4, -0.2) is 11.5 Å². The highest BCUT2D eigenvalue weighted by Crippen LogP contribution is 2.20. The lowest BCUT2D eigenvalue weighted by Gasteiger charge is -2.27. The second kappa shape index (κ2) is 6.75. The molecule has 17 heavy (non-hydrogen) atoms. The first-order valence-electron chi connectivity index (χ1n) is 6.66. The van der Waals surface area contributed by atoms with Crippen LogP contribution in [0.1, 0.15) is 46.4 Å². The zero-order valence-corrected chi connectivity index (χ0v) is 11.8. The van der Waals surface area contributed by atoms with Gasteiger partial charge in [0.1, 0.15) is 0 Å². The van der Waals surface area contributed by atoms with Crippen LogP contribution in [0.5, 0.6) is 0 Å². The fourth-order valence-electron chi connectivity index (χ4n) is 2.29.